The van der Waals surface area contributed by atoms with E-state index in [-0.39, 0.29) is 0 Å². The molecule has 1 heterocycles. The lowest BCUT2D eigenvalue weighted by Crippen LogP contribution is -2.16. The third kappa shape index (κ3) is 4.23. The van der Waals surface area contributed by atoms with E-state index >= 15 is 0 Å². The van der Waals surface area contributed by atoms with E-state index in [4.69, 9.17) is 11.6 Å². The topological polar surface area (TPSA) is 46.3 Å². The number of benzene rings is 1. The molecule has 1 aromatic heterocycles. The van der Waals surface area contributed by atoms with Crippen LogP contribution in [0.15, 0.2) is 47.7 Å². The number of aromatic nitrogens is 3. The fourth-order valence-corrected chi connectivity index (χ4v) is 3.05. The van der Waals surface area contributed by atoms with E-state index in [1.807, 2.05) is 48.7 Å². The first-order valence-electron chi connectivity index (χ1n) is 8.22. The molecule has 0 amide bonds. The van der Waals surface area contributed by atoms with Gasteiger partial charge in [-0.05, 0) is 37.1 Å². The SMILES string of the molecule is C=C(N=CN(C)Cc1cn(-c2ccc(Cl)cc2)nn1)C1CCCC1. The molecule has 1 fully saturated rings. The molecule has 6 heteroatoms. The third-order valence-electron chi connectivity index (χ3n) is 4.29. The van der Waals surface area contributed by atoms with E-state index in [0.717, 1.165) is 17.1 Å². The van der Waals surface area contributed by atoms with Crippen LogP contribution in [0.3, 0.4) is 0 Å². The zero-order valence-electron chi connectivity index (χ0n) is 13.9. The van der Waals surface area contributed by atoms with Crippen LogP contribution in [0.2, 0.25) is 5.02 Å². The van der Waals surface area contributed by atoms with Gasteiger partial charge in [0.05, 0.1) is 24.8 Å². The largest absolute Gasteiger partial charge is 0.360 e. The Labute approximate surface area is 147 Å². The minimum atomic E-state index is 0.556. The Morgan fingerprint density at radius 3 is 2.79 bits per heavy atom. The first-order valence-corrected chi connectivity index (χ1v) is 8.60. The highest BCUT2D eigenvalue weighted by Crippen LogP contribution is 2.30. The first kappa shape index (κ1) is 16.7. The van der Waals surface area contributed by atoms with Gasteiger partial charge >= 0.3 is 0 Å². The van der Waals surface area contributed by atoms with Crippen molar-refractivity contribution in [1.82, 2.24) is 19.9 Å². The van der Waals surface area contributed by atoms with E-state index in [1.165, 1.54) is 25.7 Å². The Kier molecular flexibility index (Phi) is 5.30. The van der Waals surface area contributed by atoms with Crippen LogP contribution in [0.1, 0.15) is 31.4 Å². The summed E-state index contributed by atoms with van der Waals surface area (Å²) in [6.45, 7) is 4.75. The standard InChI is InChI=1S/C18H22ClN5/c1-14(15-5-3-4-6-15)20-13-23(2)11-17-12-24(22-21-17)18-9-7-16(19)8-10-18/h7-10,12-13,15H,1,3-6,11H2,2H3. The molecular weight excluding hydrogens is 322 g/mol. The predicted molar refractivity (Wildman–Crippen MR) is 97.4 cm³/mol. The smallest absolute Gasteiger partial charge is 0.102 e. The molecule has 1 saturated carbocycles. The molecule has 0 atom stereocenters. The zero-order valence-corrected chi connectivity index (χ0v) is 14.7. The molecule has 1 aromatic carbocycles. The highest BCUT2D eigenvalue weighted by atomic mass is 35.5. The molecule has 126 valence electrons. The Balaban J connectivity index is 1.57. The number of halogens is 1. The Hall–Kier alpha value is -2.14. The molecule has 1 aliphatic carbocycles. The number of hydrogen-bond donors (Lipinski definition) is 0. The fourth-order valence-electron chi connectivity index (χ4n) is 2.92. The van der Waals surface area contributed by atoms with Crippen molar-refractivity contribution in [2.24, 2.45) is 10.9 Å². The number of aliphatic imine (C=N–C) groups is 1. The molecule has 5 nitrogen and oxygen atoms in total. The van der Waals surface area contributed by atoms with Gasteiger partial charge in [0.15, 0.2) is 0 Å². The van der Waals surface area contributed by atoms with Gasteiger partial charge in [-0.15, -0.1) is 5.10 Å². The van der Waals surface area contributed by atoms with Gasteiger partial charge in [-0.25, -0.2) is 9.67 Å². The molecule has 0 bridgehead atoms. The van der Waals surface area contributed by atoms with Crippen molar-refractivity contribution in [1.29, 1.82) is 0 Å². The number of nitrogens with zero attached hydrogens (tertiary/aromatic N) is 5. The van der Waals surface area contributed by atoms with Crippen LogP contribution in [-0.4, -0.2) is 33.3 Å². The van der Waals surface area contributed by atoms with Crippen LogP contribution in [0, 0.1) is 5.92 Å². The molecule has 2 aromatic rings. The van der Waals surface area contributed by atoms with Crippen LogP contribution in [-0.2, 0) is 6.54 Å². The van der Waals surface area contributed by atoms with Gasteiger partial charge in [0.1, 0.15) is 5.69 Å². The van der Waals surface area contributed by atoms with Crippen LogP contribution in [0.4, 0.5) is 0 Å². The maximum Gasteiger partial charge on any atom is 0.102 e. The van der Waals surface area contributed by atoms with Crippen molar-refractivity contribution in [2.45, 2.75) is 32.2 Å². The van der Waals surface area contributed by atoms with Crippen molar-refractivity contribution < 1.29 is 0 Å². The summed E-state index contributed by atoms with van der Waals surface area (Å²) in [5.74, 6) is 0.556. The summed E-state index contributed by atoms with van der Waals surface area (Å²) in [7, 11) is 1.98. The van der Waals surface area contributed by atoms with Crippen molar-refractivity contribution in [3.63, 3.8) is 0 Å². The predicted octanol–water partition coefficient (Wildman–Crippen LogP) is 4.08. The molecule has 1 aliphatic rings. The van der Waals surface area contributed by atoms with Crippen molar-refractivity contribution in [3.05, 3.63) is 53.5 Å². The van der Waals surface area contributed by atoms with Gasteiger partial charge in [-0.3, -0.25) is 0 Å². The average molecular weight is 344 g/mol. The molecule has 0 aliphatic heterocycles. The first-order chi connectivity index (χ1) is 11.6. The summed E-state index contributed by atoms with van der Waals surface area (Å²) in [6, 6.07) is 7.51. The Morgan fingerprint density at radius 1 is 1.38 bits per heavy atom. The van der Waals surface area contributed by atoms with Crippen molar-refractivity contribution in [3.8, 4) is 5.69 Å². The lowest BCUT2D eigenvalue weighted by molar-refractivity contribution is 0.504. The van der Waals surface area contributed by atoms with E-state index in [9.17, 15) is 0 Å². The van der Waals surface area contributed by atoms with Crippen molar-refractivity contribution >= 4 is 17.9 Å². The maximum atomic E-state index is 5.91. The number of hydrogen-bond acceptors (Lipinski definition) is 3. The second-order valence-corrected chi connectivity index (χ2v) is 6.70. The summed E-state index contributed by atoms with van der Waals surface area (Å²) < 4.78 is 1.74. The molecule has 0 radical (unpaired) electrons. The van der Waals surface area contributed by atoms with Crippen LogP contribution in [0.25, 0.3) is 5.69 Å². The molecule has 24 heavy (non-hydrogen) atoms. The fraction of sp³-hybridized carbons (Fsp3) is 0.389. The van der Waals surface area contributed by atoms with E-state index < -0.39 is 0 Å². The Morgan fingerprint density at radius 2 is 2.08 bits per heavy atom. The van der Waals surface area contributed by atoms with Gasteiger partial charge in [-0.1, -0.05) is 36.2 Å². The van der Waals surface area contributed by atoms with Crippen molar-refractivity contribution in [2.75, 3.05) is 7.05 Å². The van der Waals surface area contributed by atoms with E-state index in [2.05, 4.69) is 21.9 Å². The quantitative estimate of drug-likeness (QED) is 0.586. The Bertz CT molecular complexity index is 713. The number of allylic oxidation sites excluding steroid dienone is 1. The lowest BCUT2D eigenvalue weighted by atomic mass is 10.1. The molecule has 0 unspecified atom stereocenters. The van der Waals surface area contributed by atoms with Gasteiger partial charge in [-0.2, -0.15) is 0 Å². The summed E-state index contributed by atoms with van der Waals surface area (Å²) in [6.07, 6.45) is 8.78. The van der Waals surface area contributed by atoms with Crippen LogP contribution < -0.4 is 0 Å². The summed E-state index contributed by atoms with van der Waals surface area (Å²) >= 11 is 5.91. The molecular formula is C18H22ClN5. The van der Waals surface area contributed by atoms with E-state index in [0.29, 0.717) is 17.5 Å². The van der Waals surface area contributed by atoms with Crippen LogP contribution in [0.5, 0.6) is 0 Å². The zero-order chi connectivity index (χ0) is 16.9. The minimum Gasteiger partial charge on any atom is -0.360 e. The minimum absolute atomic E-state index is 0.556. The van der Waals surface area contributed by atoms with Gasteiger partial charge in [0, 0.05) is 23.7 Å². The molecule has 0 saturated heterocycles. The highest BCUT2D eigenvalue weighted by Gasteiger charge is 2.17. The summed E-state index contributed by atoms with van der Waals surface area (Å²) in [5, 5.41) is 9.08. The van der Waals surface area contributed by atoms with E-state index in [1.54, 1.807) is 4.68 Å². The average Bonchev–Trinajstić information content (AvgIpc) is 3.25. The number of rotatable bonds is 6. The summed E-state index contributed by atoms with van der Waals surface area (Å²) in [5.41, 5.74) is 2.80. The monoisotopic (exact) mass is 343 g/mol. The van der Waals surface area contributed by atoms with Gasteiger partial charge in [0.25, 0.3) is 0 Å². The van der Waals surface area contributed by atoms with Crippen LogP contribution >= 0.6 is 11.6 Å². The third-order valence-corrected chi connectivity index (χ3v) is 4.54. The van der Waals surface area contributed by atoms with Gasteiger partial charge < -0.3 is 4.90 Å². The maximum absolute atomic E-state index is 5.91. The second-order valence-electron chi connectivity index (χ2n) is 6.26. The highest BCUT2D eigenvalue weighted by molar-refractivity contribution is 6.30. The molecule has 0 N–H and O–H groups in total. The lowest BCUT2D eigenvalue weighted by Gasteiger charge is -2.12. The van der Waals surface area contributed by atoms with Gasteiger partial charge in [0.2, 0.25) is 0 Å². The summed E-state index contributed by atoms with van der Waals surface area (Å²) in [4.78, 5) is 6.51. The molecule has 3 rings (SSSR count). The molecule has 0 spiro atoms. The normalized spacial score (nSPS) is 15.2. The second kappa shape index (κ2) is 7.62.